The van der Waals surface area contributed by atoms with Gasteiger partial charge in [0.05, 0.1) is 25.2 Å². The first kappa shape index (κ1) is 16.1. The molecule has 1 amide bonds. The summed E-state index contributed by atoms with van der Waals surface area (Å²) in [6.45, 7) is 3.31. The molecule has 0 spiro atoms. The number of nitrogens with zero attached hydrogens (tertiary/aromatic N) is 2. The van der Waals surface area contributed by atoms with Gasteiger partial charge >= 0.3 is 0 Å². The Morgan fingerprint density at radius 3 is 2.50 bits per heavy atom. The minimum absolute atomic E-state index is 0.0387. The summed E-state index contributed by atoms with van der Waals surface area (Å²) < 4.78 is 10.2. The summed E-state index contributed by atoms with van der Waals surface area (Å²) >= 11 is 0. The van der Waals surface area contributed by atoms with Gasteiger partial charge in [-0.25, -0.2) is 0 Å². The number of benzene rings is 1. The third-order valence-corrected chi connectivity index (χ3v) is 3.87. The zero-order chi connectivity index (χ0) is 16.3. The smallest absolute Gasteiger partial charge is 0.286 e. The molecule has 22 heavy (non-hydrogen) atoms. The second-order valence-electron chi connectivity index (χ2n) is 5.48. The van der Waals surface area contributed by atoms with Gasteiger partial charge in [-0.05, 0) is 18.8 Å². The molecule has 1 unspecified atom stereocenters. The fraction of sp³-hybridized carbons (Fsp3) is 0.533. The van der Waals surface area contributed by atoms with E-state index < -0.39 is 4.92 Å². The summed E-state index contributed by atoms with van der Waals surface area (Å²) in [4.78, 5) is 25.0. The summed E-state index contributed by atoms with van der Waals surface area (Å²) in [7, 11) is 2.83. The molecule has 0 bridgehead atoms. The highest BCUT2D eigenvalue weighted by Gasteiger charge is 2.29. The van der Waals surface area contributed by atoms with Gasteiger partial charge in [0.25, 0.3) is 11.6 Å². The fourth-order valence-electron chi connectivity index (χ4n) is 2.73. The van der Waals surface area contributed by atoms with Crippen LogP contribution in [0.1, 0.15) is 30.1 Å². The monoisotopic (exact) mass is 308 g/mol. The third kappa shape index (κ3) is 3.13. The topological polar surface area (TPSA) is 81.9 Å². The molecule has 1 aromatic rings. The Balaban J connectivity index is 2.43. The molecule has 7 nitrogen and oxygen atoms in total. The van der Waals surface area contributed by atoms with Gasteiger partial charge in [-0.3, -0.25) is 14.9 Å². The van der Waals surface area contributed by atoms with Crippen molar-refractivity contribution in [3.63, 3.8) is 0 Å². The molecule has 120 valence electrons. The van der Waals surface area contributed by atoms with Gasteiger partial charge in [-0.2, -0.15) is 0 Å². The Bertz CT molecular complexity index is 588. The van der Waals surface area contributed by atoms with Crippen LogP contribution in [0.25, 0.3) is 0 Å². The predicted octanol–water partition coefficient (Wildman–Crippen LogP) is 2.48. The van der Waals surface area contributed by atoms with E-state index in [-0.39, 0.29) is 22.9 Å². The summed E-state index contributed by atoms with van der Waals surface area (Å²) in [6.07, 6.45) is 1.98. The number of ether oxygens (including phenoxy) is 2. The van der Waals surface area contributed by atoms with Crippen molar-refractivity contribution in [1.29, 1.82) is 0 Å². The van der Waals surface area contributed by atoms with Gasteiger partial charge in [-0.1, -0.05) is 6.92 Å². The first-order chi connectivity index (χ1) is 10.5. The highest BCUT2D eigenvalue weighted by atomic mass is 16.6. The second kappa shape index (κ2) is 6.64. The van der Waals surface area contributed by atoms with E-state index >= 15 is 0 Å². The molecule has 1 aliphatic rings. The van der Waals surface area contributed by atoms with E-state index in [1.807, 2.05) is 0 Å². The van der Waals surface area contributed by atoms with E-state index in [0.29, 0.717) is 24.8 Å². The van der Waals surface area contributed by atoms with Crippen LogP contribution < -0.4 is 9.47 Å². The number of hydrogen-bond donors (Lipinski definition) is 0. The molecule has 7 heteroatoms. The van der Waals surface area contributed by atoms with E-state index in [4.69, 9.17) is 9.47 Å². The summed E-state index contributed by atoms with van der Waals surface area (Å²) in [6, 6.07) is 2.62. The Morgan fingerprint density at radius 1 is 1.32 bits per heavy atom. The van der Waals surface area contributed by atoms with Crippen molar-refractivity contribution in [1.82, 2.24) is 4.90 Å². The Labute approximate surface area is 129 Å². The van der Waals surface area contributed by atoms with E-state index in [1.165, 1.54) is 26.4 Å². The lowest BCUT2D eigenvalue weighted by molar-refractivity contribution is -0.385. The lowest BCUT2D eigenvalue weighted by atomic mass is 9.99. The number of carbonyl (C=O) groups is 1. The molecule has 1 aromatic carbocycles. The molecule has 1 atom stereocenters. The van der Waals surface area contributed by atoms with Crippen molar-refractivity contribution < 1.29 is 19.2 Å². The third-order valence-electron chi connectivity index (χ3n) is 3.87. The quantitative estimate of drug-likeness (QED) is 0.630. The maximum Gasteiger partial charge on any atom is 0.286 e. The molecule has 1 saturated heterocycles. The van der Waals surface area contributed by atoms with Gasteiger partial charge in [0.2, 0.25) is 0 Å². The van der Waals surface area contributed by atoms with E-state index in [0.717, 1.165) is 12.8 Å². The van der Waals surface area contributed by atoms with E-state index in [2.05, 4.69) is 6.92 Å². The van der Waals surface area contributed by atoms with Gasteiger partial charge in [0.15, 0.2) is 11.5 Å². The van der Waals surface area contributed by atoms with Crippen LogP contribution in [0.4, 0.5) is 5.69 Å². The number of likely N-dealkylation sites (tertiary alicyclic amines) is 1. The lowest BCUT2D eigenvalue weighted by Gasteiger charge is -2.31. The predicted molar refractivity (Wildman–Crippen MR) is 80.5 cm³/mol. The van der Waals surface area contributed by atoms with Gasteiger partial charge in [0, 0.05) is 19.2 Å². The Morgan fingerprint density at radius 2 is 1.95 bits per heavy atom. The number of carbonyl (C=O) groups excluding carboxylic acids is 1. The molecular weight excluding hydrogens is 288 g/mol. The standard InChI is InChI=1S/C15H20N2O5/c1-10-5-4-6-16(9-10)15(18)11-7-13(21-2)14(22-3)8-12(11)17(19)20/h7-8,10H,4-6,9H2,1-3H3. The molecule has 1 aliphatic heterocycles. The first-order valence-electron chi connectivity index (χ1n) is 7.17. The van der Waals surface area contributed by atoms with E-state index in [9.17, 15) is 14.9 Å². The highest BCUT2D eigenvalue weighted by Crippen LogP contribution is 2.35. The average molecular weight is 308 g/mol. The summed E-state index contributed by atoms with van der Waals surface area (Å²) in [5.74, 6) is 0.607. The Kier molecular flexibility index (Phi) is 4.85. The average Bonchev–Trinajstić information content (AvgIpc) is 2.52. The van der Waals surface area contributed by atoms with Crippen molar-refractivity contribution in [2.75, 3.05) is 27.3 Å². The van der Waals surface area contributed by atoms with Crippen LogP contribution in [0.15, 0.2) is 12.1 Å². The molecule has 1 fully saturated rings. The van der Waals surface area contributed by atoms with Crippen LogP contribution in [0.5, 0.6) is 11.5 Å². The minimum Gasteiger partial charge on any atom is -0.493 e. The SMILES string of the molecule is COc1cc(C(=O)N2CCCC(C)C2)c([N+](=O)[O-])cc1OC. The van der Waals surface area contributed by atoms with Crippen molar-refractivity contribution in [2.24, 2.45) is 5.92 Å². The van der Waals surface area contributed by atoms with Crippen LogP contribution in [0, 0.1) is 16.0 Å². The number of piperidine rings is 1. The van der Waals surface area contributed by atoms with Crippen LogP contribution >= 0.6 is 0 Å². The van der Waals surface area contributed by atoms with E-state index in [1.54, 1.807) is 4.90 Å². The molecule has 0 radical (unpaired) electrons. The maximum absolute atomic E-state index is 12.7. The van der Waals surface area contributed by atoms with Crippen molar-refractivity contribution in [3.8, 4) is 11.5 Å². The fourth-order valence-corrected chi connectivity index (χ4v) is 2.73. The zero-order valence-corrected chi connectivity index (χ0v) is 13.0. The van der Waals surface area contributed by atoms with Crippen LogP contribution in [0.3, 0.4) is 0 Å². The summed E-state index contributed by atoms with van der Waals surface area (Å²) in [5.41, 5.74) is -0.224. The minimum atomic E-state index is -0.567. The summed E-state index contributed by atoms with van der Waals surface area (Å²) in [5, 5.41) is 11.3. The van der Waals surface area contributed by atoms with Crippen molar-refractivity contribution in [2.45, 2.75) is 19.8 Å². The highest BCUT2D eigenvalue weighted by molar-refractivity contribution is 5.99. The van der Waals surface area contributed by atoms with Crippen LogP contribution in [-0.2, 0) is 0 Å². The van der Waals surface area contributed by atoms with Crippen LogP contribution in [0.2, 0.25) is 0 Å². The number of methoxy groups -OCH3 is 2. The molecular formula is C15H20N2O5. The number of rotatable bonds is 4. The number of hydrogen-bond acceptors (Lipinski definition) is 5. The van der Waals surface area contributed by atoms with Crippen molar-refractivity contribution >= 4 is 11.6 Å². The second-order valence-corrected chi connectivity index (χ2v) is 5.48. The maximum atomic E-state index is 12.7. The normalized spacial score (nSPS) is 18.0. The van der Waals surface area contributed by atoms with Gasteiger partial charge in [0.1, 0.15) is 5.56 Å². The molecule has 1 heterocycles. The van der Waals surface area contributed by atoms with Gasteiger partial charge in [-0.15, -0.1) is 0 Å². The molecule has 0 aromatic heterocycles. The molecule has 0 aliphatic carbocycles. The first-order valence-corrected chi connectivity index (χ1v) is 7.17. The lowest BCUT2D eigenvalue weighted by Crippen LogP contribution is -2.39. The molecule has 0 N–H and O–H groups in total. The number of nitro benzene ring substituents is 1. The van der Waals surface area contributed by atoms with Crippen LogP contribution in [-0.4, -0.2) is 43.0 Å². The Hall–Kier alpha value is -2.31. The van der Waals surface area contributed by atoms with Gasteiger partial charge < -0.3 is 14.4 Å². The zero-order valence-electron chi connectivity index (χ0n) is 13.0. The largest absolute Gasteiger partial charge is 0.493 e. The van der Waals surface area contributed by atoms with Crippen molar-refractivity contribution in [3.05, 3.63) is 27.8 Å². The molecule has 2 rings (SSSR count). The number of amides is 1. The molecule has 0 saturated carbocycles. The number of nitro groups is 1.